The van der Waals surface area contributed by atoms with Crippen molar-refractivity contribution in [2.45, 2.75) is 308 Å². The molecule has 2 atom stereocenters. The minimum atomic E-state index is -2.80. The van der Waals surface area contributed by atoms with Crippen LogP contribution in [0, 0.1) is 0 Å². The van der Waals surface area contributed by atoms with Gasteiger partial charge in [-0.3, -0.25) is 14.4 Å². The molecule has 0 aliphatic rings. The fourth-order valence-corrected chi connectivity index (χ4v) is 8.41. The molecule has 0 saturated carbocycles. The largest absolute Gasteiger partial charge is 0.382 e. The highest BCUT2D eigenvalue weighted by molar-refractivity contribution is 6.01. The van der Waals surface area contributed by atoms with Crippen LogP contribution in [0.25, 0.3) is 0 Å². The normalized spacial score (nSPS) is 13.9. The molecule has 0 aromatic rings. The monoisotopic (exact) mass is 833 g/mol. The first-order valence-electron chi connectivity index (χ1n) is 26.1. The van der Waals surface area contributed by atoms with Gasteiger partial charge in [-0.05, 0) is 44.9 Å². The van der Waals surface area contributed by atoms with E-state index in [4.69, 9.17) is 0 Å². The number of hydrogen-bond donors (Lipinski definition) is 3. The van der Waals surface area contributed by atoms with Crippen LogP contribution in [0.15, 0.2) is 12.2 Å². The van der Waals surface area contributed by atoms with Gasteiger partial charge in [0.15, 0.2) is 35.2 Å². The summed E-state index contributed by atoms with van der Waals surface area (Å²) in [5.74, 6) is -2.13. The van der Waals surface area contributed by atoms with Crippen LogP contribution in [-0.2, 0) is 14.4 Å². The van der Waals surface area contributed by atoms with Gasteiger partial charge in [-0.1, -0.05) is 238 Å². The zero-order valence-corrected chi connectivity index (χ0v) is 39.6. The Morgan fingerprint density at radius 3 is 0.847 bits per heavy atom. The lowest BCUT2D eigenvalue weighted by atomic mass is 9.78. The zero-order valence-electron chi connectivity index (χ0n) is 39.6. The summed E-state index contributed by atoms with van der Waals surface area (Å²) in [6.45, 7) is 6.74. The first-order chi connectivity index (χ1) is 28.8. The molecule has 2 unspecified atom stereocenters. The summed E-state index contributed by atoms with van der Waals surface area (Å²) in [5.41, 5.74) is -2.80. The fraction of sp³-hybridized carbons (Fsp3) is 0.906. The number of Topliss-reactive ketones (excluding diaryl/α,β-unsaturated/α-hetero) is 3. The minimum absolute atomic E-state index is 0.0156. The highest BCUT2D eigenvalue weighted by Crippen LogP contribution is 2.26. The van der Waals surface area contributed by atoms with Gasteiger partial charge < -0.3 is 15.3 Å². The van der Waals surface area contributed by atoms with Crippen LogP contribution in [0.4, 0.5) is 0 Å². The number of allylic oxidation sites excluding steroid dienone is 2. The molecular formula is C53H100O6. The summed E-state index contributed by atoms with van der Waals surface area (Å²) in [6.07, 6.45) is 45.0. The van der Waals surface area contributed by atoms with E-state index in [1.54, 1.807) is 0 Å². The summed E-state index contributed by atoms with van der Waals surface area (Å²) < 4.78 is 0. The number of rotatable bonds is 48. The number of aliphatic hydroxyl groups is 3. The molecule has 0 amide bonds. The first-order valence-corrected chi connectivity index (χ1v) is 26.1. The van der Waals surface area contributed by atoms with Gasteiger partial charge in [0, 0.05) is 19.3 Å². The van der Waals surface area contributed by atoms with E-state index in [0.717, 1.165) is 77.0 Å². The van der Waals surface area contributed by atoms with Crippen LogP contribution in [-0.4, -0.2) is 50.5 Å². The Morgan fingerprint density at radius 2 is 0.576 bits per heavy atom. The predicted molar refractivity (Wildman–Crippen MR) is 252 cm³/mol. The second-order valence-corrected chi connectivity index (χ2v) is 18.3. The van der Waals surface area contributed by atoms with E-state index in [1.807, 2.05) is 0 Å². The molecule has 0 radical (unpaired) electrons. The zero-order chi connectivity index (χ0) is 43.5. The predicted octanol–water partition coefficient (Wildman–Crippen LogP) is 15.1. The van der Waals surface area contributed by atoms with Crippen molar-refractivity contribution < 1.29 is 29.7 Å². The molecule has 6 heteroatoms. The summed E-state index contributed by atoms with van der Waals surface area (Å²) in [4.78, 5) is 40.0. The SMILES string of the molecule is CCCCCCCCC=CCCCCCCCC(=O)C(O)(C(O)C(=O)CCCCCCCCCCCCCCC)C(O)C(=O)CCCCCCCCCCCCCCC. The summed E-state index contributed by atoms with van der Waals surface area (Å²) in [6, 6.07) is 0. The fourth-order valence-electron chi connectivity index (χ4n) is 8.41. The molecule has 0 aromatic carbocycles. The van der Waals surface area contributed by atoms with E-state index >= 15 is 0 Å². The minimum Gasteiger partial charge on any atom is -0.382 e. The Kier molecular flexibility index (Phi) is 42.3. The van der Waals surface area contributed by atoms with Crippen LogP contribution in [0.3, 0.4) is 0 Å². The Hall–Kier alpha value is -1.37. The van der Waals surface area contributed by atoms with Gasteiger partial charge in [0.2, 0.25) is 0 Å². The Labute approximate surface area is 366 Å². The van der Waals surface area contributed by atoms with Crippen molar-refractivity contribution in [1.82, 2.24) is 0 Å². The number of unbranched alkanes of at least 4 members (excludes halogenated alkanes) is 35. The summed E-state index contributed by atoms with van der Waals surface area (Å²) in [7, 11) is 0. The molecule has 0 aliphatic heterocycles. The number of ketones is 3. The van der Waals surface area contributed by atoms with Gasteiger partial charge in [-0.2, -0.15) is 0 Å². The van der Waals surface area contributed by atoms with Gasteiger partial charge in [-0.15, -0.1) is 0 Å². The van der Waals surface area contributed by atoms with Crippen molar-refractivity contribution in [3.63, 3.8) is 0 Å². The first kappa shape index (κ1) is 57.6. The van der Waals surface area contributed by atoms with E-state index in [-0.39, 0.29) is 19.3 Å². The van der Waals surface area contributed by atoms with Crippen molar-refractivity contribution in [3.8, 4) is 0 Å². The molecule has 0 spiro atoms. The standard InChI is InChI=1S/C53H100O6/c1-4-7-10-13-16-19-22-25-26-29-32-35-38-41-44-47-50(56)53(59,51(57)48(54)45-42-39-36-33-30-27-23-20-17-14-11-8-5-2)52(58)49(55)46-43-40-37-34-31-28-24-21-18-15-12-9-6-3/h25-26,51-52,57-59H,4-24,27-47H2,1-3H3. The lowest BCUT2D eigenvalue weighted by Gasteiger charge is -2.34. The maximum Gasteiger partial charge on any atom is 0.189 e. The average molecular weight is 833 g/mol. The molecule has 0 bridgehead atoms. The lowest BCUT2D eigenvalue weighted by molar-refractivity contribution is -0.181. The number of aliphatic hydroxyl groups excluding tert-OH is 2. The highest BCUT2D eigenvalue weighted by Gasteiger charge is 2.53. The molecular weight excluding hydrogens is 733 g/mol. The Balaban J connectivity index is 4.80. The number of carbonyl (C=O) groups is 3. The van der Waals surface area contributed by atoms with Gasteiger partial charge in [0.05, 0.1) is 0 Å². The molecule has 0 saturated heterocycles. The van der Waals surface area contributed by atoms with E-state index in [2.05, 4.69) is 32.9 Å². The van der Waals surface area contributed by atoms with E-state index in [9.17, 15) is 29.7 Å². The quantitative estimate of drug-likeness (QED) is 0.0416. The van der Waals surface area contributed by atoms with Crippen LogP contribution >= 0.6 is 0 Å². The number of carbonyl (C=O) groups excluding carboxylic acids is 3. The van der Waals surface area contributed by atoms with E-state index in [0.29, 0.717) is 19.3 Å². The topological polar surface area (TPSA) is 112 Å². The van der Waals surface area contributed by atoms with E-state index < -0.39 is 35.2 Å². The third kappa shape index (κ3) is 32.9. The van der Waals surface area contributed by atoms with Crippen LogP contribution < -0.4 is 0 Å². The third-order valence-corrected chi connectivity index (χ3v) is 12.6. The molecule has 3 N–H and O–H groups in total. The van der Waals surface area contributed by atoms with Crippen LogP contribution in [0.1, 0.15) is 290 Å². The molecule has 6 nitrogen and oxygen atoms in total. The highest BCUT2D eigenvalue weighted by atomic mass is 16.4. The Bertz CT molecular complexity index is 927. The molecule has 0 fully saturated rings. The average Bonchev–Trinajstić information content (AvgIpc) is 3.24. The smallest absolute Gasteiger partial charge is 0.189 e. The van der Waals surface area contributed by atoms with Crippen LogP contribution in [0.5, 0.6) is 0 Å². The van der Waals surface area contributed by atoms with Gasteiger partial charge >= 0.3 is 0 Å². The van der Waals surface area contributed by atoms with Crippen molar-refractivity contribution >= 4 is 17.3 Å². The van der Waals surface area contributed by atoms with E-state index in [1.165, 1.54) is 154 Å². The van der Waals surface area contributed by atoms with Crippen molar-refractivity contribution in [1.29, 1.82) is 0 Å². The van der Waals surface area contributed by atoms with Crippen molar-refractivity contribution in [2.24, 2.45) is 0 Å². The molecule has 0 rings (SSSR count). The molecule has 0 heterocycles. The third-order valence-electron chi connectivity index (χ3n) is 12.6. The van der Waals surface area contributed by atoms with Gasteiger partial charge in [-0.25, -0.2) is 0 Å². The van der Waals surface area contributed by atoms with Crippen molar-refractivity contribution in [3.05, 3.63) is 12.2 Å². The second-order valence-electron chi connectivity index (χ2n) is 18.3. The van der Waals surface area contributed by atoms with Gasteiger partial charge in [0.25, 0.3) is 0 Å². The maximum absolute atomic E-state index is 13.6. The van der Waals surface area contributed by atoms with Crippen LogP contribution in [0.2, 0.25) is 0 Å². The summed E-state index contributed by atoms with van der Waals surface area (Å²) >= 11 is 0. The maximum atomic E-state index is 13.6. The lowest BCUT2D eigenvalue weighted by Crippen LogP contribution is -2.63. The van der Waals surface area contributed by atoms with Crippen molar-refractivity contribution in [2.75, 3.05) is 0 Å². The molecule has 59 heavy (non-hydrogen) atoms. The second kappa shape index (κ2) is 43.3. The number of hydrogen-bond acceptors (Lipinski definition) is 6. The van der Waals surface area contributed by atoms with Gasteiger partial charge in [0.1, 0.15) is 0 Å². The Morgan fingerprint density at radius 1 is 0.356 bits per heavy atom. The molecule has 0 aliphatic carbocycles. The molecule has 0 aromatic heterocycles. The summed E-state index contributed by atoms with van der Waals surface area (Å²) in [5, 5.41) is 34.1. The molecule has 348 valence electrons.